The summed E-state index contributed by atoms with van der Waals surface area (Å²) in [5, 5.41) is 34.9. The number of unbranched alkanes of at least 4 members (excludes halogenated alkanes) is 1. The molecule has 0 radical (unpaired) electrons. The number of hydrogen-bond donors (Lipinski definition) is 6. The van der Waals surface area contributed by atoms with Gasteiger partial charge in [0.05, 0.1) is 12.1 Å². The zero-order valence-electron chi connectivity index (χ0n) is 30.6. The van der Waals surface area contributed by atoms with Crippen LogP contribution in [0.4, 0.5) is 0 Å². The number of carboxylic acids is 1. The molecule has 0 aliphatic heterocycles. The smallest absolute Gasteiger partial charge is 0.326 e. The molecule has 3 saturated carbocycles. The molecule has 0 aromatic rings. The van der Waals surface area contributed by atoms with E-state index >= 15 is 0 Å². The predicted octanol–water partition coefficient (Wildman–Crippen LogP) is 6.22. The lowest BCUT2D eigenvalue weighted by molar-refractivity contribution is -0.142. The number of nitrogens with one attached hydrogen (secondary N) is 4. The average Bonchev–Trinajstić information content (AvgIpc) is 3.63. The number of aliphatic hydroxyl groups excluding tert-OH is 1. The molecule has 47 heavy (non-hydrogen) atoms. The maximum Gasteiger partial charge on any atom is 0.326 e. The first kappa shape index (κ1) is 39.7. The molecule has 2 bridgehead atoms. The minimum Gasteiger partial charge on any atom is -0.480 e. The monoisotopic (exact) mass is 663 g/mol. The number of amides is 2. The van der Waals surface area contributed by atoms with Gasteiger partial charge in [0.15, 0.2) is 0 Å². The predicted molar refractivity (Wildman–Crippen MR) is 189 cm³/mol. The highest BCUT2D eigenvalue weighted by atomic mass is 16.4. The van der Waals surface area contributed by atoms with Crippen LogP contribution in [-0.4, -0.2) is 71.4 Å². The van der Waals surface area contributed by atoms with Gasteiger partial charge in [-0.25, -0.2) is 4.79 Å². The lowest BCUT2D eigenvalue weighted by Crippen LogP contribution is -2.66. The fourth-order valence-corrected chi connectivity index (χ4v) is 9.15. The van der Waals surface area contributed by atoms with Crippen molar-refractivity contribution in [1.82, 2.24) is 21.3 Å². The van der Waals surface area contributed by atoms with E-state index in [1.165, 1.54) is 51.4 Å². The van der Waals surface area contributed by atoms with Gasteiger partial charge in [-0.1, -0.05) is 91.4 Å². The number of rotatable bonds is 16. The number of carbonyl (C=O) groups excluding carboxylic acids is 2. The van der Waals surface area contributed by atoms with Gasteiger partial charge >= 0.3 is 5.97 Å². The van der Waals surface area contributed by atoms with Crippen molar-refractivity contribution in [3.8, 4) is 0 Å². The van der Waals surface area contributed by atoms with Gasteiger partial charge in [-0.3, -0.25) is 14.9 Å². The Morgan fingerprint density at radius 1 is 0.745 bits per heavy atom. The number of carbonyl (C=O) groups is 3. The molecule has 0 saturated heterocycles. The first-order chi connectivity index (χ1) is 22.4. The topological polar surface area (TPSA) is 140 Å². The third kappa shape index (κ3) is 10.9. The van der Waals surface area contributed by atoms with Crippen LogP contribution in [0.2, 0.25) is 0 Å². The molecule has 4 atom stereocenters. The molecule has 3 aliphatic rings. The number of carboxylic acid groups (broad SMARTS) is 1. The van der Waals surface area contributed by atoms with Crippen molar-refractivity contribution in [2.24, 2.45) is 16.7 Å². The van der Waals surface area contributed by atoms with E-state index in [2.05, 4.69) is 28.2 Å². The molecule has 0 aromatic carbocycles. The van der Waals surface area contributed by atoms with E-state index in [1.807, 2.05) is 20.9 Å². The molecule has 0 aromatic heterocycles. The average molecular weight is 663 g/mol. The van der Waals surface area contributed by atoms with E-state index in [0.29, 0.717) is 18.3 Å². The summed E-state index contributed by atoms with van der Waals surface area (Å²) >= 11 is 0. The van der Waals surface area contributed by atoms with Crippen LogP contribution in [0.1, 0.15) is 163 Å². The lowest BCUT2D eigenvalue weighted by Gasteiger charge is -2.49. The van der Waals surface area contributed by atoms with Crippen LogP contribution in [0.5, 0.6) is 0 Å². The molecule has 3 fully saturated rings. The van der Waals surface area contributed by atoms with Crippen LogP contribution in [0, 0.1) is 16.7 Å². The summed E-state index contributed by atoms with van der Waals surface area (Å²) in [7, 11) is 1.85. The number of aliphatic carboxylic acids is 1. The molecular weight excluding hydrogens is 592 g/mol. The maximum atomic E-state index is 14.0. The number of hydrogen-bond acceptors (Lipinski definition) is 6. The van der Waals surface area contributed by atoms with Crippen LogP contribution in [0.15, 0.2) is 0 Å². The van der Waals surface area contributed by atoms with Crippen LogP contribution in [0.3, 0.4) is 0 Å². The van der Waals surface area contributed by atoms with Crippen LogP contribution in [0.25, 0.3) is 0 Å². The Labute approximate surface area is 285 Å². The largest absolute Gasteiger partial charge is 0.480 e. The van der Waals surface area contributed by atoms with Gasteiger partial charge in [0.25, 0.3) is 0 Å². The highest BCUT2D eigenvalue weighted by Crippen LogP contribution is 2.65. The molecule has 9 nitrogen and oxygen atoms in total. The van der Waals surface area contributed by atoms with Crippen LogP contribution < -0.4 is 21.3 Å². The summed E-state index contributed by atoms with van der Waals surface area (Å²) in [6.45, 7) is 8.76. The number of aliphatic hydroxyl groups is 1. The molecule has 9 heteroatoms. The van der Waals surface area contributed by atoms with Gasteiger partial charge in [-0.15, -0.1) is 0 Å². The molecular formula is C38H70N4O5. The van der Waals surface area contributed by atoms with E-state index in [4.69, 9.17) is 0 Å². The molecule has 6 N–H and O–H groups in total. The standard InChI is InChI=1S/C38H70N4O5/c1-6-36-22-24-37(27-36,25-23-36)35(47)38(20-16-13-11-9-7-8-10-12-14-17-21-38)42-31(28(2)3)33(44)40-29(4)32(43)41-30(34(45)46)19-15-18-26-39-5/h28-31,35,39,42,47H,6-27H2,1-5H3,(H,40,44)(H,41,43)(H,45,46)/t29-,30-,31-,35?,36?,37?/m0/s1. The van der Waals surface area contributed by atoms with Gasteiger partial charge < -0.3 is 26.2 Å². The summed E-state index contributed by atoms with van der Waals surface area (Å²) in [5.74, 6) is -1.90. The quantitative estimate of drug-likeness (QED) is 0.108. The Bertz CT molecular complexity index is 965. The highest BCUT2D eigenvalue weighted by Gasteiger charge is 2.60. The highest BCUT2D eigenvalue weighted by molar-refractivity contribution is 5.91. The lowest BCUT2D eigenvalue weighted by atomic mass is 9.66. The van der Waals surface area contributed by atoms with E-state index in [0.717, 1.165) is 77.2 Å². The van der Waals surface area contributed by atoms with Crippen molar-refractivity contribution in [1.29, 1.82) is 0 Å². The number of fused-ring (bicyclic) bond motifs is 2. The summed E-state index contributed by atoms with van der Waals surface area (Å²) in [5.41, 5.74) is -0.341. The summed E-state index contributed by atoms with van der Waals surface area (Å²) in [6, 6.07) is -2.48. The SMILES string of the molecule is CCC12CCC(C(O)C3(N[C@H](C(=O)N[C@@H](C)C(=O)N[C@@H](CCCCNC)C(=O)O)C(C)C)CCCCCCCCCCCC3)(CC1)C2. The Morgan fingerprint density at radius 2 is 1.30 bits per heavy atom. The van der Waals surface area contributed by atoms with Crippen molar-refractivity contribution < 1.29 is 24.6 Å². The van der Waals surface area contributed by atoms with Crippen molar-refractivity contribution in [2.45, 2.75) is 192 Å². The third-order valence-electron chi connectivity index (χ3n) is 12.3. The molecule has 1 unspecified atom stereocenters. The van der Waals surface area contributed by atoms with Crippen molar-refractivity contribution in [3.05, 3.63) is 0 Å². The zero-order chi connectivity index (χ0) is 34.5. The van der Waals surface area contributed by atoms with Crippen LogP contribution >= 0.6 is 0 Å². The van der Waals surface area contributed by atoms with Gasteiger partial charge in [0.1, 0.15) is 12.1 Å². The molecule has 2 amide bonds. The normalized spacial score (nSPS) is 27.9. The second-order valence-corrected chi connectivity index (χ2v) is 16.1. The Balaban J connectivity index is 1.81. The second kappa shape index (κ2) is 18.9. The Kier molecular flexibility index (Phi) is 16.0. The fourth-order valence-electron chi connectivity index (χ4n) is 9.15. The van der Waals surface area contributed by atoms with E-state index in [9.17, 15) is 24.6 Å². The second-order valence-electron chi connectivity index (χ2n) is 16.1. The minimum absolute atomic E-state index is 0.0720. The van der Waals surface area contributed by atoms with Crippen molar-refractivity contribution >= 4 is 17.8 Å². The zero-order valence-corrected chi connectivity index (χ0v) is 30.6. The summed E-state index contributed by atoms with van der Waals surface area (Å²) < 4.78 is 0. The molecule has 0 heterocycles. The van der Waals surface area contributed by atoms with Gasteiger partial charge in [0.2, 0.25) is 11.8 Å². The summed E-state index contributed by atoms with van der Waals surface area (Å²) in [6.07, 6.45) is 21.6. The van der Waals surface area contributed by atoms with Crippen LogP contribution in [-0.2, 0) is 14.4 Å². The third-order valence-corrected chi connectivity index (χ3v) is 12.3. The Morgan fingerprint density at radius 3 is 1.77 bits per heavy atom. The van der Waals surface area contributed by atoms with Crippen molar-refractivity contribution in [3.63, 3.8) is 0 Å². The first-order valence-corrected chi connectivity index (χ1v) is 19.4. The first-order valence-electron chi connectivity index (χ1n) is 19.4. The van der Waals surface area contributed by atoms with E-state index in [-0.39, 0.29) is 17.2 Å². The maximum absolute atomic E-state index is 14.0. The van der Waals surface area contributed by atoms with Crippen molar-refractivity contribution in [2.75, 3.05) is 13.6 Å². The minimum atomic E-state index is -1.07. The Hall–Kier alpha value is -1.71. The van der Waals surface area contributed by atoms with Gasteiger partial charge in [-0.05, 0) is 101 Å². The fraction of sp³-hybridized carbons (Fsp3) is 0.921. The molecule has 3 aliphatic carbocycles. The van der Waals surface area contributed by atoms with Gasteiger partial charge in [0, 0.05) is 5.54 Å². The molecule has 3 rings (SSSR count). The summed E-state index contributed by atoms with van der Waals surface area (Å²) in [4.78, 5) is 39.0. The van der Waals surface area contributed by atoms with E-state index < -0.39 is 41.6 Å². The van der Waals surface area contributed by atoms with E-state index in [1.54, 1.807) is 6.92 Å². The molecule has 0 spiro atoms. The van der Waals surface area contributed by atoms with Gasteiger partial charge in [-0.2, -0.15) is 0 Å². The molecule has 272 valence electrons.